The predicted octanol–water partition coefficient (Wildman–Crippen LogP) is 1.97. The monoisotopic (exact) mass is 265 g/mol. The molecular formula is C17H17N2O+. The summed E-state index contributed by atoms with van der Waals surface area (Å²) in [5.41, 5.74) is 6.59. The van der Waals surface area contributed by atoms with Crippen molar-refractivity contribution in [1.82, 2.24) is 5.43 Å². The molecule has 3 rings (SSSR count). The topological polar surface area (TPSA) is 32.1 Å². The fraction of sp³-hybridized carbons (Fsp3) is 0.176. The van der Waals surface area contributed by atoms with Gasteiger partial charge in [0.2, 0.25) is 0 Å². The third-order valence-corrected chi connectivity index (χ3v) is 3.45. The van der Waals surface area contributed by atoms with Crippen molar-refractivity contribution >= 4 is 11.6 Å². The molecule has 3 nitrogen and oxygen atoms in total. The number of hydrazone groups is 1. The second-order valence-corrected chi connectivity index (χ2v) is 5.01. The Hall–Kier alpha value is -2.42. The van der Waals surface area contributed by atoms with Gasteiger partial charge in [0.1, 0.15) is 0 Å². The van der Waals surface area contributed by atoms with Gasteiger partial charge in [0.15, 0.2) is 5.71 Å². The molecule has 0 radical (unpaired) electrons. The van der Waals surface area contributed by atoms with Crippen molar-refractivity contribution in [3.05, 3.63) is 71.8 Å². The van der Waals surface area contributed by atoms with Crippen molar-refractivity contribution in [2.75, 3.05) is 6.54 Å². The molecule has 3 heteroatoms. The highest BCUT2D eigenvalue weighted by molar-refractivity contribution is 5.88. The van der Waals surface area contributed by atoms with Crippen LogP contribution in [0.1, 0.15) is 11.1 Å². The molecule has 20 heavy (non-hydrogen) atoms. The molecule has 1 aliphatic heterocycles. The van der Waals surface area contributed by atoms with Crippen molar-refractivity contribution in [2.24, 2.45) is 0 Å². The van der Waals surface area contributed by atoms with Crippen LogP contribution in [-0.2, 0) is 17.6 Å². The van der Waals surface area contributed by atoms with Crippen molar-refractivity contribution in [2.45, 2.75) is 12.8 Å². The molecule has 0 saturated carbocycles. The van der Waals surface area contributed by atoms with Crippen LogP contribution < -0.4 is 5.43 Å². The lowest BCUT2D eigenvalue weighted by Gasteiger charge is -2.15. The Kier molecular flexibility index (Phi) is 3.59. The SMILES string of the molecule is O=C1C[N+](=C(Cc2ccccc2)Cc2ccccc2)N1. The van der Waals surface area contributed by atoms with Crippen LogP contribution in [0, 0.1) is 0 Å². The maximum Gasteiger partial charge on any atom is 0.342 e. The van der Waals surface area contributed by atoms with Crippen molar-refractivity contribution in [3.63, 3.8) is 0 Å². The van der Waals surface area contributed by atoms with Gasteiger partial charge < -0.3 is 0 Å². The molecule has 0 aliphatic carbocycles. The zero-order valence-corrected chi connectivity index (χ0v) is 11.3. The van der Waals surface area contributed by atoms with Crippen molar-refractivity contribution in [3.8, 4) is 0 Å². The van der Waals surface area contributed by atoms with Gasteiger partial charge in [-0.2, -0.15) is 0 Å². The number of hydrogen-bond acceptors (Lipinski definition) is 1. The number of hydrazine groups is 1. The second kappa shape index (κ2) is 5.70. The number of carbonyl (C=O) groups is 1. The summed E-state index contributed by atoms with van der Waals surface area (Å²) in [5.74, 6) is 0.0867. The van der Waals surface area contributed by atoms with Crippen LogP contribution >= 0.6 is 0 Å². The molecule has 1 saturated heterocycles. The summed E-state index contributed by atoms with van der Waals surface area (Å²) in [6.45, 7) is 0.467. The van der Waals surface area contributed by atoms with Gasteiger partial charge in [-0.3, -0.25) is 4.79 Å². The minimum absolute atomic E-state index is 0.0867. The number of nitrogens with one attached hydrogen (secondary N) is 1. The average Bonchev–Trinajstić information content (AvgIpc) is 2.46. The summed E-state index contributed by atoms with van der Waals surface area (Å²) in [4.78, 5) is 11.2. The molecule has 1 aliphatic rings. The highest BCUT2D eigenvalue weighted by Crippen LogP contribution is 2.08. The first-order valence-corrected chi connectivity index (χ1v) is 6.81. The smallest absolute Gasteiger partial charge is 0.262 e. The zero-order valence-electron chi connectivity index (χ0n) is 11.3. The summed E-state index contributed by atoms with van der Waals surface area (Å²) in [5, 5.41) is 0. The second-order valence-electron chi connectivity index (χ2n) is 5.01. The highest BCUT2D eigenvalue weighted by atomic mass is 16.2. The van der Waals surface area contributed by atoms with Crippen LogP contribution in [0.2, 0.25) is 0 Å². The molecule has 0 unspecified atom stereocenters. The van der Waals surface area contributed by atoms with Gasteiger partial charge in [-0.05, 0) is 11.1 Å². The molecule has 100 valence electrons. The molecule has 0 atom stereocenters. The number of rotatable bonds is 4. The molecule has 2 aromatic rings. The fourth-order valence-corrected chi connectivity index (χ4v) is 2.38. The first-order valence-electron chi connectivity index (χ1n) is 6.81. The first kappa shape index (κ1) is 12.6. The maximum absolute atomic E-state index is 11.2. The van der Waals surface area contributed by atoms with Crippen LogP contribution in [-0.4, -0.2) is 22.8 Å². The van der Waals surface area contributed by atoms with Crippen LogP contribution in [0.4, 0.5) is 0 Å². The fourth-order valence-electron chi connectivity index (χ4n) is 2.38. The number of benzene rings is 2. The molecule has 1 amide bonds. The zero-order chi connectivity index (χ0) is 13.8. The third kappa shape index (κ3) is 2.94. The Balaban J connectivity index is 1.82. The van der Waals surface area contributed by atoms with Crippen LogP contribution in [0.3, 0.4) is 0 Å². The van der Waals surface area contributed by atoms with Gasteiger partial charge in [-0.1, -0.05) is 60.7 Å². The number of amides is 1. The van der Waals surface area contributed by atoms with Crippen LogP contribution in [0.25, 0.3) is 0 Å². The summed E-state index contributed by atoms with van der Waals surface area (Å²) in [6, 6.07) is 20.7. The van der Waals surface area contributed by atoms with E-state index in [-0.39, 0.29) is 5.91 Å². The Morgan fingerprint density at radius 1 is 0.900 bits per heavy atom. The lowest BCUT2D eigenvalue weighted by atomic mass is 10.0. The molecule has 2 aromatic carbocycles. The van der Waals surface area contributed by atoms with E-state index in [4.69, 9.17) is 0 Å². The standard InChI is InChI=1S/C17H16N2O/c20-17-13-19(18-17)16(11-14-7-3-1-4-8-14)12-15-9-5-2-6-10-15/h1-10H,11-13H2/p+1. The van der Waals surface area contributed by atoms with E-state index < -0.39 is 0 Å². The van der Waals surface area contributed by atoms with E-state index in [1.165, 1.54) is 16.8 Å². The Morgan fingerprint density at radius 2 is 1.35 bits per heavy atom. The molecular weight excluding hydrogens is 248 g/mol. The lowest BCUT2D eigenvalue weighted by Crippen LogP contribution is -2.55. The van der Waals surface area contributed by atoms with E-state index >= 15 is 0 Å². The van der Waals surface area contributed by atoms with Crippen molar-refractivity contribution < 1.29 is 9.48 Å². The summed E-state index contributed by atoms with van der Waals surface area (Å²) >= 11 is 0. The number of carbonyl (C=O) groups excluding carboxylic acids is 1. The highest BCUT2D eigenvalue weighted by Gasteiger charge is 2.31. The van der Waals surface area contributed by atoms with E-state index in [0.717, 1.165) is 12.8 Å². The van der Waals surface area contributed by atoms with Crippen LogP contribution in [0.15, 0.2) is 60.7 Å². The molecule has 1 fully saturated rings. The lowest BCUT2D eigenvalue weighted by molar-refractivity contribution is -0.604. The van der Waals surface area contributed by atoms with E-state index in [0.29, 0.717) is 6.54 Å². The Labute approximate surface area is 118 Å². The molecule has 0 spiro atoms. The molecule has 1 N–H and O–H groups in total. The number of nitrogens with zero attached hydrogens (tertiary/aromatic N) is 1. The molecule has 0 aromatic heterocycles. The number of hydrogen-bond donors (Lipinski definition) is 1. The third-order valence-electron chi connectivity index (χ3n) is 3.45. The van der Waals surface area contributed by atoms with E-state index in [2.05, 4.69) is 29.7 Å². The summed E-state index contributed by atoms with van der Waals surface area (Å²) in [6.07, 6.45) is 1.71. The van der Waals surface area contributed by atoms with Crippen LogP contribution in [0.5, 0.6) is 0 Å². The molecule has 1 heterocycles. The maximum atomic E-state index is 11.2. The Bertz CT molecular complexity index is 579. The summed E-state index contributed by atoms with van der Waals surface area (Å²) < 4.78 is 1.96. The molecule has 0 bridgehead atoms. The summed E-state index contributed by atoms with van der Waals surface area (Å²) in [7, 11) is 0. The van der Waals surface area contributed by atoms with Gasteiger partial charge in [0, 0.05) is 0 Å². The minimum atomic E-state index is 0.0867. The average molecular weight is 265 g/mol. The largest absolute Gasteiger partial charge is 0.342 e. The van der Waals surface area contributed by atoms with E-state index in [9.17, 15) is 4.79 Å². The van der Waals surface area contributed by atoms with Gasteiger partial charge in [-0.25, -0.2) is 0 Å². The minimum Gasteiger partial charge on any atom is -0.262 e. The van der Waals surface area contributed by atoms with Gasteiger partial charge in [0.05, 0.1) is 12.8 Å². The van der Waals surface area contributed by atoms with Gasteiger partial charge in [-0.15, -0.1) is 10.1 Å². The predicted molar refractivity (Wildman–Crippen MR) is 78.6 cm³/mol. The Morgan fingerprint density at radius 3 is 1.75 bits per heavy atom. The van der Waals surface area contributed by atoms with Crippen molar-refractivity contribution in [1.29, 1.82) is 0 Å². The van der Waals surface area contributed by atoms with Gasteiger partial charge >= 0.3 is 5.91 Å². The quantitative estimate of drug-likeness (QED) is 0.842. The van der Waals surface area contributed by atoms with E-state index in [1.807, 2.05) is 41.1 Å². The first-order chi connectivity index (χ1) is 9.81. The van der Waals surface area contributed by atoms with Gasteiger partial charge in [0.25, 0.3) is 6.54 Å². The van der Waals surface area contributed by atoms with E-state index in [1.54, 1.807) is 0 Å². The normalized spacial score (nSPS) is 13.6.